The van der Waals surface area contributed by atoms with Crippen LogP contribution < -0.4 is 0 Å². The van der Waals surface area contributed by atoms with Gasteiger partial charge in [0.15, 0.2) is 5.76 Å². The molecule has 0 bridgehead atoms. The number of carbonyl (C=O) groups is 1. The summed E-state index contributed by atoms with van der Waals surface area (Å²) < 4.78 is 20.2. The first-order chi connectivity index (χ1) is 12.5. The molecule has 1 aliphatic rings. The SMILES string of the molecule is Cc1cc(CN2CCN(C(=O)c3sc4cccc(F)c4c3C)CC2)on1. The Morgan fingerprint density at radius 1 is 1.27 bits per heavy atom. The maximum Gasteiger partial charge on any atom is 0.264 e. The summed E-state index contributed by atoms with van der Waals surface area (Å²) >= 11 is 1.38. The standard InChI is InChI=1S/C19H20FN3O2S/c1-12-10-14(25-21-12)11-22-6-8-23(9-7-22)19(24)18-13(2)17-15(20)4-3-5-16(17)26-18/h3-5,10H,6-9,11H2,1-2H3. The Labute approximate surface area is 155 Å². The molecule has 26 heavy (non-hydrogen) atoms. The molecular formula is C19H20FN3O2S. The molecular weight excluding hydrogens is 353 g/mol. The minimum absolute atomic E-state index is 0.00161. The average Bonchev–Trinajstić information content (AvgIpc) is 3.19. The van der Waals surface area contributed by atoms with Crippen LogP contribution in [0.4, 0.5) is 4.39 Å². The first-order valence-electron chi connectivity index (χ1n) is 8.64. The lowest BCUT2D eigenvalue weighted by molar-refractivity contribution is 0.0621. The zero-order chi connectivity index (χ0) is 18.3. The van der Waals surface area contributed by atoms with Crippen LogP contribution in [0.3, 0.4) is 0 Å². The Hall–Kier alpha value is -2.25. The predicted molar refractivity (Wildman–Crippen MR) is 98.9 cm³/mol. The molecule has 1 fully saturated rings. The second-order valence-electron chi connectivity index (χ2n) is 6.67. The molecule has 4 rings (SSSR count). The molecule has 136 valence electrons. The molecule has 0 aliphatic carbocycles. The Morgan fingerprint density at radius 2 is 2.04 bits per heavy atom. The van der Waals surface area contributed by atoms with E-state index < -0.39 is 0 Å². The molecule has 0 radical (unpaired) electrons. The topological polar surface area (TPSA) is 49.6 Å². The van der Waals surface area contributed by atoms with Crippen LogP contribution >= 0.6 is 11.3 Å². The van der Waals surface area contributed by atoms with Crippen molar-refractivity contribution >= 4 is 27.3 Å². The van der Waals surface area contributed by atoms with Crippen LogP contribution in [0, 0.1) is 19.7 Å². The molecule has 7 heteroatoms. The first-order valence-corrected chi connectivity index (χ1v) is 9.46. The van der Waals surface area contributed by atoms with Crippen molar-refractivity contribution in [2.24, 2.45) is 0 Å². The quantitative estimate of drug-likeness (QED) is 0.704. The van der Waals surface area contributed by atoms with E-state index in [1.54, 1.807) is 6.07 Å². The highest BCUT2D eigenvalue weighted by molar-refractivity contribution is 7.21. The van der Waals surface area contributed by atoms with Gasteiger partial charge < -0.3 is 9.42 Å². The highest BCUT2D eigenvalue weighted by Gasteiger charge is 2.26. The fraction of sp³-hybridized carbons (Fsp3) is 0.368. The van der Waals surface area contributed by atoms with Crippen LogP contribution in [-0.2, 0) is 6.54 Å². The van der Waals surface area contributed by atoms with E-state index in [1.807, 2.05) is 30.9 Å². The van der Waals surface area contributed by atoms with Crippen LogP contribution in [0.15, 0.2) is 28.8 Å². The molecule has 0 unspecified atom stereocenters. The van der Waals surface area contributed by atoms with Gasteiger partial charge in [0.05, 0.1) is 17.1 Å². The second kappa shape index (κ2) is 6.81. The Morgan fingerprint density at radius 3 is 2.69 bits per heavy atom. The van der Waals surface area contributed by atoms with Crippen LogP contribution in [-0.4, -0.2) is 47.0 Å². The number of rotatable bonds is 3. The molecule has 0 N–H and O–H groups in total. The van der Waals surface area contributed by atoms with Gasteiger partial charge in [-0.1, -0.05) is 11.2 Å². The van der Waals surface area contributed by atoms with Crippen molar-refractivity contribution in [1.82, 2.24) is 15.0 Å². The molecule has 3 aromatic rings. The highest BCUT2D eigenvalue weighted by Crippen LogP contribution is 2.33. The lowest BCUT2D eigenvalue weighted by Crippen LogP contribution is -2.48. The number of fused-ring (bicyclic) bond motifs is 1. The molecule has 1 aromatic carbocycles. The third-order valence-electron chi connectivity index (χ3n) is 4.81. The number of aromatic nitrogens is 1. The fourth-order valence-corrected chi connectivity index (χ4v) is 4.61. The molecule has 3 heterocycles. The molecule has 5 nitrogen and oxygen atoms in total. The van der Waals surface area contributed by atoms with E-state index >= 15 is 0 Å². The van der Waals surface area contributed by atoms with Crippen LogP contribution in [0.5, 0.6) is 0 Å². The van der Waals surface area contributed by atoms with Gasteiger partial charge >= 0.3 is 0 Å². The van der Waals surface area contributed by atoms with Crippen molar-refractivity contribution < 1.29 is 13.7 Å². The number of hydrogen-bond donors (Lipinski definition) is 0. The monoisotopic (exact) mass is 373 g/mol. The summed E-state index contributed by atoms with van der Waals surface area (Å²) in [6.45, 7) is 7.31. The summed E-state index contributed by atoms with van der Waals surface area (Å²) in [6, 6.07) is 6.93. The van der Waals surface area contributed by atoms with Crippen LogP contribution in [0.2, 0.25) is 0 Å². The zero-order valence-electron chi connectivity index (χ0n) is 14.8. The number of aryl methyl sites for hydroxylation is 2. The van der Waals surface area contributed by atoms with Gasteiger partial charge in [-0.05, 0) is 31.5 Å². The Balaban J connectivity index is 1.45. The van der Waals surface area contributed by atoms with Crippen molar-refractivity contribution in [2.75, 3.05) is 26.2 Å². The maximum absolute atomic E-state index is 14.1. The molecule has 1 saturated heterocycles. The number of thiophene rings is 1. The predicted octanol–water partition coefficient (Wildman–Crippen LogP) is 3.60. The summed E-state index contributed by atoms with van der Waals surface area (Å²) in [5.41, 5.74) is 1.62. The number of carbonyl (C=O) groups excluding carboxylic acids is 1. The molecule has 0 atom stereocenters. The van der Waals surface area contributed by atoms with Gasteiger partial charge in [-0.2, -0.15) is 0 Å². The van der Waals surface area contributed by atoms with E-state index in [4.69, 9.17) is 4.52 Å². The van der Waals surface area contributed by atoms with Gasteiger partial charge in [-0.25, -0.2) is 4.39 Å². The Bertz CT molecular complexity index is 957. The van der Waals surface area contributed by atoms with E-state index in [1.165, 1.54) is 17.4 Å². The van der Waals surface area contributed by atoms with Gasteiger partial charge in [0.2, 0.25) is 0 Å². The van der Waals surface area contributed by atoms with Crippen LogP contribution in [0.25, 0.3) is 10.1 Å². The number of nitrogens with zero attached hydrogens (tertiary/aromatic N) is 3. The smallest absolute Gasteiger partial charge is 0.264 e. The molecule has 2 aromatic heterocycles. The number of piperazine rings is 1. The van der Waals surface area contributed by atoms with Gasteiger partial charge in [0, 0.05) is 42.3 Å². The summed E-state index contributed by atoms with van der Waals surface area (Å²) in [7, 11) is 0. The molecule has 0 saturated carbocycles. The number of halogens is 1. The number of benzene rings is 1. The largest absolute Gasteiger partial charge is 0.360 e. The third-order valence-corrected chi connectivity index (χ3v) is 6.06. The van der Waals surface area contributed by atoms with Crippen molar-refractivity contribution in [2.45, 2.75) is 20.4 Å². The summed E-state index contributed by atoms with van der Waals surface area (Å²) in [4.78, 5) is 17.7. The van der Waals surface area contributed by atoms with Crippen molar-refractivity contribution in [3.63, 3.8) is 0 Å². The molecule has 1 aliphatic heterocycles. The molecule has 1 amide bonds. The summed E-state index contributed by atoms with van der Waals surface area (Å²) in [5, 5.41) is 4.48. The van der Waals surface area contributed by atoms with E-state index in [0.717, 1.165) is 34.8 Å². The van der Waals surface area contributed by atoms with Crippen molar-refractivity contribution in [1.29, 1.82) is 0 Å². The minimum Gasteiger partial charge on any atom is -0.360 e. The zero-order valence-corrected chi connectivity index (χ0v) is 15.6. The van der Waals surface area contributed by atoms with E-state index in [9.17, 15) is 9.18 Å². The first kappa shape index (κ1) is 17.2. The third kappa shape index (κ3) is 3.12. The number of hydrogen-bond acceptors (Lipinski definition) is 5. The number of amides is 1. The average molecular weight is 373 g/mol. The van der Waals surface area contributed by atoms with Crippen LogP contribution in [0.1, 0.15) is 26.7 Å². The second-order valence-corrected chi connectivity index (χ2v) is 7.72. The van der Waals surface area contributed by atoms with Crippen molar-refractivity contribution in [3.8, 4) is 0 Å². The maximum atomic E-state index is 14.1. The summed E-state index contributed by atoms with van der Waals surface area (Å²) in [6.07, 6.45) is 0. The van der Waals surface area contributed by atoms with E-state index in [-0.39, 0.29) is 11.7 Å². The highest BCUT2D eigenvalue weighted by atomic mass is 32.1. The Kier molecular flexibility index (Phi) is 4.50. The van der Waals surface area contributed by atoms with Gasteiger partial charge in [0.1, 0.15) is 5.82 Å². The lowest BCUT2D eigenvalue weighted by Gasteiger charge is -2.34. The van der Waals surface area contributed by atoms with Crippen molar-refractivity contribution in [3.05, 3.63) is 52.0 Å². The van der Waals surface area contributed by atoms with E-state index in [0.29, 0.717) is 29.9 Å². The van der Waals surface area contributed by atoms with Gasteiger partial charge in [0.25, 0.3) is 5.91 Å². The van der Waals surface area contributed by atoms with Gasteiger partial charge in [-0.3, -0.25) is 9.69 Å². The summed E-state index contributed by atoms with van der Waals surface area (Å²) in [5.74, 6) is 0.582. The normalized spacial score (nSPS) is 15.7. The van der Waals surface area contributed by atoms with E-state index in [2.05, 4.69) is 10.1 Å². The fourth-order valence-electron chi connectivity index (χ4n) is 3.42. The minimum atomic E-state index is -0.262. The lowest BCUT2D eigenvalue weighted by atomic mass is 10.1. The molecule has 0 spiro atoms. The van der Waals surface area contributed by atoms with Gasteiger partial charge in [-0.15, -0.1) is 11.3 Å².